The molecule has 0 unspecified atom stereocenters. The van der Waals surface area contributed by atoms with E-state index in [0.29, 0.717) is 30.8 Å². The molecule has 2 aromatic carbocycles. The Morgan fingerprint density at radius 3 is 2.73 bits per heavy atom. The minimum absolute atomic E-state index is 0.000108. The van der Waals surface area contributed by atoms with E-state index in [-0.39, 0.29) is 11.8 Å². The van der Waals surface area contributed by atoms with Crippen molar-refractivity contribution in [2.45, 2.75) is 13.0 Å². The minimum Gasteiger partial charge on any atom is -0.350 e. The molecule has 0 spiro atoms. The average molecular weight is 406 g/mol. The Labute approximate surface area is 176 Å². The van der Waals surface area contributed by atoms with Crippen molar-refractivity contribution in [2.75, 3.05) is 40.8 Å². The molecule has 4 rings (SSSR count). The standard InChI is InChI=1S/C23H27N5O2/c1-26(2)12-6-13-27(3)23(30)17-8-4-7-16(15-17)21-25-19-10-5-9-18-20(19)28(21)14-11-24-22(18)29/h4-5,7-10,15H,6,11-14H2,1-3H3,(H,24,29). The van der Waals surface area contributed by atoms with Gasteiger partial charge in [-0.1, -0.05) is 18.2 Å². The molecule has 1 aromatic heterocycles. The third-order valence-electron chi connectivity index (χ3n) is 5.45. The number of nitrogens with one attached hydrogen (secondary N) is 1. The lowest BCUT2D eigenvalue weighted by molar-refractivity contribution is 0.0790. The Morgan fingerprint density at radius 1 is 1.13 bits per heavy atom. The maximum Gasteiger partial charge on any atom is 0.253 e. The summed E-state index contributed by atoms with van der Waals surface area (Å²) in [5, 5.41) is 2.94. The van der Waals surface area contributed by atoms with Gasteiger partial charge in [0, 0.05) is 37.8 Å². The molecule has 0 saturated carbocycles. The molecule has 3 aromatic rings. The first-order valence-corrected chi connectivity index (χ1v) is 10.2. The second-order valence-electron chi connectivity index (χ2n) is 7.98. The summed E-state index contributed by atoms with van der Waals surface area (Å²) < 4.78 is 2.08. The molecule has 0 fully saturated rings. The molecular weight excluding hydrogens is 378 g/mol. The zero-order chi connectivity index (χ0) is 21.3. The van der Waals surface area contributed by atoms with Crippen LogP contribution in [-0.2, 0) is 6.54 Å². The quantitative estimate of drug-likeness (QED) is 0.684. The summed E-state index contributed by atoms with van der Waals surface area (Å²) in [4.78, 5) is 34.0. The topological polar surface area (TPSA) is 70.5 Å². The van der Waals surface area contributed by atoms with Gasteiger partial charge in [-0.2, -0.15) is 0 Å². The first kappa shape index (κ1) is 20.1. The van der Waals surface area contributed by atoms with Crippen molar-refractivity contribution < 1.29 is 9.59 Å². The monoisotopic (exact) mass is 405 g/mol. The van der Waals surface area contributed by atoms with Crippen LogP contribution in [0, 0.1) is 0 Å². The number of carbonyl (C=O) groups excluding carboxylic acids is 2. The van der Waals surface area contributed by atoms with Gasteiger partial charge in [0.2, 0.25) is 0 Å². The smallest absolute Gasteiger partial charge is 0.253 e. The van der Waals surface area contributed by atoms with Crippen LogP contribution in [0.15, 0.2) is 42.5 Å². The molecule has 0 aliphatic carbocycles. The fourth-order valence-corrected chi connectivity index (χ4v) is 3.92. The summed E-state index contributed by atoms with van der Waals surface area (Å²) in [7, 11) is 5.90. The van der Waals surface area contributed by atoms with Crippen LogP contribution >= 0.6 is 0 Å². The molecule has 7 nitrogen and oxygen atoms in total. The predicted molar refractivity (Wildman–Crippen MR) is 118 cm³/mol. The van der Waals surface area contributed by atoms with Crippen molar-refractivity contribution in [3.8, 4) is 11.4 Å². The van der Waals surface area contributed by atoms with Crippen molar-refractivity contribution >= 4 is 22.8 Å². The van der Waals surface area contributed by atoms with Gasteiger partial charge >= 0.3 is 0 Å². The van der Waals surface area contributed by atoms with Crippen LogP contribution in [0.4, 0.5) is 0 Å². The highest BCUT2D eigenvalue weighted by molar-refractivity contribution is 6.06. The number of aromatic nitrogens is 2. The Morgan fingerprint density at radius 2 is 1.93 bits per heavy atom. The minimum atomic E-state index is -0.0749. The lowest BCUT2D eigenvalue weighted by Gasteiger charge is -2.19. The number of para-hydroxylation sites is 1. The first-order chi connectivity index (χ1) is 14.5. The van der Waals surface area contributed by atoms with Crippen LogP contribution < -0.4 is 5.32 Å². The molecule has 1 aliphatic heterocycles. The summed E-state index contributed by atoms with van der Waals surface area (Å²) in [6.07, 6.45) is 0.925. The lowest BCUT2D eigenvalue weighted by Crippen LogP contribution is -2.29. The molecule has 1 aliphatic rings. The van der Waals surface area contributed by atoms with Gasteiger partial charge in [0.15, 0.2) is 0 Å². The van der Waals surface area contributed by atoms with E-state index in [1.807, 2.05) is 63.6 Å². The third-order valence-corrected chi connectivity index (χ3v) is 5.45. The second kappa shape index (κ2) is 8.28. The number of hydrogen-bond donors (Lipinski definition) is 1. The summed E-state index contributed by atoms with van der Waals surface area (Å²) in [6.45, 7) is 2.82. The van der Waals surface area contributed by atoms with Crippen LogP contribution in [-0.4, -0.2) is 71.9 Å². The zero-order valence-electron chi connectivity index (χ0n) is 17.7. The number of imidazole rings is 1. The van der Waals surface area contributed by atoms with Gasteiger partial charge in [-0.05, 0) is 51.3 Å². The number of nitrogens with zero attached hydrogens (tertiary/aromatic N) is 4. The Kier molecular flexibility index (Phi) is 5.55. The number of hydrogen-bond acceptors (Lipinski definition) is 4. The largest absolute Gasteiger partial charge is 0.350 e. The predicted octanol–water partition coefficient (Wildman–Crippen LogP) is 2.47. The summed E-state index contributed by atoms with van der Waals surface area (Å²) in [6, 6.07) is 13.2. The molecule has 0 bridgehead atoms. The van der Waals surface area contributed by atoms with Crippen LogP contribution in [0.1, 0.15) is 27.1 Å². The number of rotatable bonds is 6. The van der Waals surface area contributed by atoms with E-state index in [9.17, 15) is 9.59 Å². The summed E-state index contributed by atoms with van der Waals surface area (Å²) >= 11 is 0. The summed E-state index contributed by atoms with van der Waals surface area (Å²) in [5.74, 6) is 0.702. The first-order valence-electron chi connectivity index (χ1n) is 10.2. The van der Waals surface area contributed by atoms with Crippen molar-refractivity contribution in [3.63, 3.8) is 0 Å². The highest BCUT2D eigenvalue weighted by atomic mass is 16.2. The Balaban J connectivity index is 1.67. The van der Waals surface area contributed by atoms with Crippen molar-refractivity contribution in [2.24, 2.45) is 0 Å². The van der Waals surface area contributed by atoms with E-state index in [1.54, 1.807) is 4.90 Å². The summed E-state index contributed by atoms with van der Waals surface area (Å²) in [5.41, 5.74) is 3.79. The fourth-order valence-electron chi connectivity index (χ4n) is 3.92. The van der Waals surface area contributed by atoms with E-state index in [4.69, 9.17) is 4.98 Å². The maximum atomic E-state index is 12.9. The fraction of sp³-hybridized carbons (Fsp3) is 0.348. The van der Waals surface area contributed by atoms with E-state index in [0.717, 1.165) is 35.4 Å². The molecule has 30 heavy (non-hydrogen) atoms. The van der Waals surface area contributed by atoms with Crippen molar-refractivity contribution in [1.82, 2.24) is 24.7 Å². The van der Waals surface area contributed by atoms with Crippen LogP contribution in [0.3, 0.4) is 0 Å². The van der Waals surface area contributed by atoms with E-state index >= 15 is 0 Å². The number of carbonyl (C=O) groups is 2. The lowest BCUT2D eigenvalue weighted by atomic mass is 10.1. The van der Waals surface area contributed by atoms with Gasteiger partial charge in [0.25, 0.3) is 11.8 Å². The van der Waals surface area contributed by atoms with Gasteiger partial charge in [-0.25, -0.2) is 4.98 Å². The van der Waals surface area contributed by atoms with E-state index < -0.39 is 0 Å². The van der Waals surface area contributed by atoms with Gasteiger partial charge < -0.3 is 19.7 Å². The zero-order valence-corrected chi connectivity index (χ0v) is 17.7. The third kappa shape index (κ3) is 3.80. The molecule has 0 radical (unpaired) electrons. The van der Waals surface area contributed by atoms with Gasteiger partial charge in [0.1, 0.15) is 5.82 Å². The van der Waals surface area contributed by atoms with Crippen LogP contribution in [0.2, 0.25) is 0 Å². The molecule has 156 valence electrons. The van der Waals surface area contributed by atoms with Crippen molar-refractivity contribution in [3.05, 3.63) is 53.6 Å². The number of benzene rings is 2. The maximum absolute atomic E-state index is 12.9. The normalized spacial score (nSPS) is 13.4. The van der Waals surface area contributed by atoms with Gasteiger partial charge in [-0.3, -0.25) is 9.59 Å². The highest BCUT2D eigenvalue weighted by Gasteiger charge is 2.22. The average Bonchev–Trinajstić information content (AvgIpc) is 3.02. The Bertz CT molecular complexity index is 1100. The Hall–Kier alpha value is -3.19. The van der Waals surface area contributed by atoms with Crippen LogP contribution in [0.5, 0.6) is 0 Å². The molecule has 1 N–H and O–H groups in total. The van der Waals surface area contributed by atoms with E-state index in [1.165, 1.54) is 0 Å². The second-order valence-corrected chi connectivity index (χ2v) is 7.98. The molecule has 2 amide bonds. The molecule has 0 atom stereocenters. The van der Waals surface area contributed by atoms with Gasteiger partial charge in [-0.15, -0.1) is 0 Å². The van der Waals surface area contributed by atoms with Gasteiger partial charge in [0.05, 0.1) is 16.6 Å². The molecule has 2 heterocycles. The van der Waals surface area contributed by atoms with Crippen LogP contribution in [0.25, 0.3) is 22.4 Å². The molecule has 0 saturated heterocycles. The number of amides is 2. The highest BCUT2D eigenvalue weighted by Crippen LogP contribution is 2.29. The SMILES string of the molecule is CN(C)CCCN(C)C(=O)c1cccc(-c2nc3cccc4c3n2CCNC4=O)c1. The van der Waals surface area contributed by atoms with Crippen molar-refractivity contribution in [1.29, 1.82) is 0 Å². The van der Waals surface area contributed by atoms with E-state index in [2.05, 4.69) is 14.8 Å². The molecule has 7 heteroatoms. The molecular formula is C23H27N5O2.